The lowest BCUT2D eigenvalue weighted by atomic mass is 9.89. The van der Waals surface area contributed by atoms with E-state index in [0.29, 0.717) is 0 Å². The van der Waals surface area contributed by atoms with Crippen LogP contribution >= 0.6 is 0 Å². The van der Waals surface area contributed by atoms with Gasteiger partial charge in [0.05, 0.1) is 13.0 Å². The van der Waals surface area contributed by atoms with Crippen molar-refractivity contribution in [1.82, 2.24) is 5.32 Å². The number of ether oxygens (including phenoxy) is 1. The average Bonchev–Trinajstić information content (AvgIpc) is 2.29. The molecule has 0 aromatic heterocycles. The number of halogens is 9. The maximum absolute atomic E-state index is 13.0. The minimum absolute atomic E-state index is 0.646. The van der Waals surface area contributed by atoms with Gasteiger partial charge in [-0.1, -0.05) is 6.58 Å². The molecule has 1 heterocycles. The Morgan fingerprint density at radius 1 is 1.09 bits per heavy atom. The molecule has 0 saturated carbocycles. The highest BCUT2D eigenvalue weighted by atomic mass is 19.4. The van der Waals surface area contributed by atoms with Crippen LogP contribution in [0.25, 0.3) is 0 Å². The van der Waals surface area contributed by atoms with Gasteiger partial charge in [-0.15, -0.1) is 0 Å². The number of alkyl halides is 9. The number of rotatable bonds is 2. The van der Waals surface area contributed by atoms with Gasteiger partial charge >= 0.3 is 18.5 Å². The Kier molecular flexibility index (Phi) is 4.47. The van der Waals surface area contributed by atoms with Gasteiger partial charge in [0.25, 0.3) is 11.5 Å². The molecule has 13 heteroatoms. The summed E-state index contributed by atoms with van der Waals surface area (Å²) in [5, 5.41) is 9.79. The summed E-state index contributed by atoms with van der Waals surface area (Å²) in [6.45, 7) is 1.66. The molecule has 1 saturated heterocycles. The largest absolute Gasteiger partial charge is 0.436 e. The SMILES string of the molecule is C=C1COC(CC(O)(C(F)(F)F)C(F)(F)F)(C(F)(F)F)NC1=O. The highest BCUT2D eigenvalue weighted by Gasteiger charge is 2.76. The normalized spacial score (nSPS) is 24.6. The summed E-state index contributed by atoms with van der Waals surface area (Å²) in [6, 6.07) is 0. The summed E-state index contributed by atoms with van der Waals surface area (Å²) >= 11 is 0. The van der Waals surface area contributed by atoms with E-state index in [-0.39, 0.29) is 0 Å². The third-order valence-corrected chi connectivity index (χ3v) is 3.03. The second kappa shape index (κ2) is 5.26. The monoisotopic (exact) mass is 361 g/mol. The van der Waals surface area contributed by atoms with Crippen molar-refractivity contribution in [3.63, 3.8) is 0 Å². The van der Waals surface area contributed by atoms with Crippen molar-refractivity contribution in [3.05, 3.63) is 12.2 Å². The molecule has 23 heavy (non-hydrogen) atoms. The van der Waals surface area contributed by atoms with E-state index in [4.69, 9.17) is 5.11 Å². The maximum atomic E-state index is 13.0. The Morgan fingerprint density at radius 2 is 1.52 bits per heavy atom. The summed E-state index contributed by atoms with van der Waals surface area (Å²) in [7, 11) is 0. The molecule has 2 N–H and O–H groups in total. The predicted octanol–water partition coefficient (Wildman–Crippen LogP) is 2.19. The van der Waals surface area contributed by atoms with E-state index in [0.717, 1.165) is 5.32 Å². The number of hydrogen-bond donors (Lipinski definition) is 2. The smallest absolute Gasteiger partial charge is 0.373 e. The number of hydrogen-bond acceptors (Lipinski definition) is 3. The summed E-state index contributed by atoms with van der Waals surface area (Å²) in [5.74, 6) is -1.65. The van der Waals surface area contributed by atoms with Gasteiger partial charge in [-0.3, -0.25) is 4.79 Å². The molecule has 134 valence electrons. The molecule has 1 aliphatic heterocycles. The maximum Gasteiger partial charge on any atom is 0.436 e. The first-order valence-corrected chi connectivity index (χ1v) is 5.54. The molecular weight excluding hydrogens is 353 g/mol. The number of carbonyl (C=O) groups is 1. The quantitative estimate of drug-likeness (QED) is 0.586. The fourth-order valence-electron chi connectivity index (χ4n) is 1.65. The lowest BCUT2D eigenvalue weighted by Gasteiger charge is -2.44. The molecule has 1 aliphatic rings. The van der Waals surface area contributed by atoms with Gasteiger partial charge in [-0.05, 0) is 0 Å². The molecule has 1 rings (SSSR count). The van der Waals surface area contributed by atoms with Crippen molar-refractivity contribution in [3.8, 4) is 0 Å². The third kappa shape index (κ3) is 3.24. The van der Waals surface area contributed by atoms with Gasteiger partial charge in [-0.2, -0.15) is 39.5 Å². The second-order valence-electron chi connectivity index (χ2n) is 4.70. The Morgan fingerprint density at radius 3 is 1.83 bits per heavy atom. The van der Waals surface area contributed by atoms with E-state index in [2.05, 4.69) is 11.3 Å². The van der Waals surface area contributed by atoms with E-state index >= 15 is 0 Å². The first-order valence-electron chi connectivity index (χ1n) is 5.54. The lowest BCUT2D eigenvalue weighted by molar-refractivity contribution is -0.396. The molecule has 4 nitrogen and oxygen atoms in total. The van der Waals surface area contributed by atoms with Crippen LogP contribution in [0.5, 0.6) is 0 Å². The molecule has 1 amide bonds. The number of carbonyl (C=O) groups excluding carboxylic acids is 1. The lowest BCUT2D eigenvalue weighted by Crippen LogP contribution is -2.71. The highest BCUT2D eigenvalue weighted by molar-refractivity contribution is 5.94. The van der Waals surface area contributed by atoms with E-state index in [9.17, 15) is 44.3 Å². The van der Waals surface area contributed by atoms with Gasteiger partial charge in [0.2, 0.25) is 5.72 Å². The minimum Gasteiger partial charge on any atom is -0.373 e. The van der Waals surface area contributed by atoms with Gasteiger partial charge in [-0.25, -0.2) is 0 Å². The zero-order valence-corrected chi connectivity index (χ0v) is 10.8. The standard InChI is InChI=1S/C10H8F9NO3/c1-4-2-23-7(10(17,18)19,20-5(4)21)3-6(22,8(11,12)13)9(14,15)16/h22H,1-3H2,(H,20,21). The van der Waals surface area contributed by atoms with Crippen molar-refractivity contribution in [2.75, 3.05) is 6.61 Å². The molecule has 1 unspecified atom stereocenters. The molecule has 0 aromatic rings. The van der Waals surface area contributed by atoms with Crippen molar-refractivity contribution >= 4 is 5.91 Å². The van der Waals surface area contributed by atoms with Crippen LogP contribution in [-0.4, -0.2) is 47.5 Å². The molecule has 0 spiro atoms. The fourth-order valence-corrected chi connectivity index (χ4v) is 1.65. The van der Waals surface area contributed by atoms with E-state index in [1.165, 1.54) is 0 Å². The van der Waals surface area contributed by atoms with Crippen LogP contribution in [0.1, 0.15) is 6.42 Å². The zero-order valence-electron chi connectivity index (χ0n) is 10.8. The topological polar surface area (TPSA) is 58.6 Å². The van der Waals surface area contributed by atoms with Crippen LogP contribution in [0.15, 0.2) is 12.2 Å². The molecule has 0 radical (unpaired) electrons. The van der Waals surface area contributed by atoms with Crippen LogP contribution in [0, 0.1) is 0 Å². The third-order valence-electron chi connectivity index (χ3n) is 3.03. The Balaban J connectivity index is 3.41. The van der Waals surface area contributed by atoms with E-state index in [1.54, 1.807) is 0 Å². The Labute approximate surface area is 121 Å². The van der Waals surface area contributed by atoms with E-state index < -0.39 is 54.4 Å². The van der Waals surface area contributed by atoms with Gasteiger partial charge < -0.3 is 15.2 Å². The molecule has 0 aliphatic carbocycles. The Hall–Kier alpha value is -1.50. The highest BCUT2D eigenvalue weighted by Crippen LogP contribution is 2.51. The van der Waals surface area contributed by atoms with Crippen LogP contribution in [-0.2, 0) is 9.53 Å². The Bertz CT molecular complexity index is 493. The molecule has 0 aromatic carbocycles. The predicted molar refractivity (Wildman–Crippen MR) is 53.7 cm³/mol. The number of aliphatic hydroxyl groups is 1. The van der Waals surface area contributed by atoms with Gasteiger partial charge in [0, 0.05) is 5.57 Å². The van der Waals surface area contributed by atoms with Crippen molar-refractivity contribution in [1.29, 1.82) is 0 Å². The summed E-state index contributed by atoms with van der Waals surface area (Å²) in [5.41, 5.74) is -10.8. The molecular formula is C10H8F9NO3. The van der Waals surface area contributed by atoms with Crippen LogP contribution in [0.2, 0.25) is 0 Å². The summed E-state index contributed by atoms with van der Waals surface area (Å²) in [6.07, 6.45) is -22.0. The summed E-state index contributed by atoms with van der Waals surface area (Å²) in [4.78, 5) is 11.2. The molecule has 0 bridgehead atoms. The van der Waals surface area contributed by atoms with Crippen molar-refractivity contribution < 1.29 is 54.2 Å². The number of nitrogens with one attached hydrogen (secondary N) is 1. The molecule has 1 atom stereocenters. The molecule has 1 fully saturated rings. The van der Waals surface area contributed by atoms with Gasteiger partial charge in [0.1, 0.15) is 0 Å². The van der Waals surface area contributed by atoms with Crippen LogP contribution in [0.4, 0.5) is 39.5 Å². The average molecular weight is 361 g/mol. The zero-order chi connectivity index (χ0) is 18.5. The van der Waals surface area contributed by atoms with E-state index in [1.807, 2.05) is 0 Å². The first kappa shape index (κ1) is 19.5. The van der Waals surface area contributed by atoms with Crippen LogP contribution in [0.3, 0.4) is 0 Å². The van der Waals surface area contributed by atoms with Crippen molar-refractivity contribution in [2.24, 2.45) is 0 Å². The first-order chi connectivity index (χ1) is 9.97. The second-order valence-corrected chi connectivity index (χ2v) is 4.70. The fraction of sp³-hybridized carbons (Fsp3) is 0.700. The van der Waals surface area contributed by atoms with Crippen LogP contribution < -0.4 is 5.32 Å². The van der Waals surface area contributed by atoms with Crippen molar-refractivity contribution in [2.45, 2.75) is 36.3 Å². The summed E-state index contributed by atoms with van der Waals surface area (Å²) < 4.78 is 118. The minimum atomic E-state index is -6.51. The number of amides is 1. The van der Waals surface area contributed by atoms with Gasteiger partial charge in [0.15, 0.2) is 0 Å².